The Hall–Kier alpha value is -2.83. The van der Waals surface area contributed by atoms with E-state index in [2.05, 4.69) is 10.3 Å². The summed E-state index contributed by atoms with van der Waals surface area (Å²) in [6.45, 7) is 1.90. The zero-order chi connectivity index (χ0) is 19.6. The topological polar surface area (TPSA) is 88.5 Å². The number of aromatic nitrogens is 1. The molecule has 0 aliphatic carbocycles. The van der Waals surface area contributed by atoms with Gasteiger partial charge in [0.25, 0.3) is 0 Å². The number of halogens is 2. The van der Waals surface area contributed by atoms with Crippen LogP contribution in [0.15, 0.2) is 42.6 Å². The highest BCUT2D eigenvalue weighted by atomic mass is 35.5. The monoisotopic (exact) mass is 404 g/mol. The van der Waals surface area contributed by atoms with Gasteiger partial charge < -0.3 is 15.2 Å². The highest BCUT2D eigenvalue weighted by molar-refractivity contribution is 6.45. The van der Waals surface area contributed by atoms with Crippen LogP contribution in [0.4, 0.5) is 11.4 Å². The number of hydrogen-bond acceptors (Lipinski definition) is 5. The summed E-state index contributed by atoms with van der Waals surface area (Å²) in [5.41, 5.74) is 1.60. The summed E-state index contributed by atoms with van der Waals surface area (Å²) < 4.78 is 5.10. The van der Waals surface area contributed by atoms with Crippen molar-refractivity contribution in [2.24, 2.45) is 0 Å². The lowest BCUT2D eigenvalue weighted by Crippen LogP contribution is -2.09. The first kappa shape index (κ1) is 18.9. The number of benzene rings is 2. The summed E-state index contributed by atoms with van der Waals surface area (Å²) in [7, 11) is 0. The third kappa shape index (κ3) is 3.82. The highest BCUT2D eigenvalue weighted by Gasteiger charge is 2.19. The Labute approximate surface area is 164 Å². The van der Waals surface area contributed by atoms with E-state index in [1.54, 1.807) is 31.2 Å². The molecule has 2 N–H and O–H groups in total. The molecule has 0 fully saturated rings. The summed E-state index contributed by atoms with van der Waals surface area (Å²) >= 11 is 12.3. The van der Waals surface area contributed by atoms with Crippen molar-refractivity contribution in [3.63, 3.8) is 0 Å². The van der Waals surface area contributed by atoms with Gasteiger partial charge in [0.05, 0.1) is 33.4 Å². The van der Waals surface area contributed by atoms with E-state index in [0.717, 1.165) is 0 Å². The molecule has 1 heterocycles. The molecule has 0 radical (unpaired) electrons. The van der Waals surface area contributed by atoms with Crippen LogP contribution >= 0.6 is 23.2 Å². The molecule has 6 nitrogen and oxygen atoms in total. The van der Waals surface area contributed by atoms with Crippen molar-refractivity contribution < 1.29 is 19.4 Å². The van der Waals surface area contributed by atoms with Crippen molar-refractivity contribution in [3.8, 4) is 0 Å². The first-order valence-corrected chi connectivity index (χ1v) is 8.72. The SMILES string of the molecule is CCOC(=O)c1cnc2c(Cl)c(Cl)ccc2c1Nc1cccc(C(=O)O)c1. The zero-order valence-corrected chi connectivity index (χ0v) is 15.6. The maximum atomic E-state index is 12.4. The molecule has 0 aliphatic heterocycles. The second kappa shape index (κ2) is 7.82. The van der Waals surface area contributed by atoms with E-state index < -0.39 is 11.9 Å². The number of carbonyl (C=O) groups is 2. The molecule has 3 rings (SSSR count). The number of carboxylic acid groups (broad SMARTS) is 1. The van der Waals surface area contributed by atoms with E-state index in [1.807, 2.05) is 0 Å². The number of ether oxygens (including phenoxy) is 1. The predicted molar refractivity (Wildman–Crippen MR) is 104 cm³/mol. The smallest absolute Gasteiger partial charge is 0.341 e. The molecular formula is C19H14Cl2N2O4. The van der Waals surface area contributed by atoms with E-state index in [1.165, 1.54) is 18.3 Å². The second-order valence-corrected chi connectivity index (χ2v) is 6.32. The third-order valence-electron chi connectivity index (χ3n) is 3.80. The number of hydrogen-bond donors (Lipinski definition) is 2. The summed E-state index contributed by atoms with van der Waals surface area (Å²) in [4.78, 5) is 27.8. The summed E-state index contributed by atoms with van der Waals surface area (Å²) in [5.74, 6) is -1.62. The molecule has 0 amide bonds. The van der Waals surface area contributed by atoms with Crippen LogP contribution in [0.5, 0.6) is 0 Å². The molecule has 0 saturated heterocycles. The number of carboxylic acids is 1. The van der Waals surface area contributed by atoms with Crippen molar-refractivity contribution in [2.75, 3.05) is 11.9 Å². The van der Waals surface area contributed by atoms with E-state index in [0.29, 0.717) is 27.3 Å². The largest absolute Gasteiger partial charge is 0.478 e. The maximum Gasteiger partial charge on any atom is 0.341 e. The Morgan fingerprint density at radius 1 is 1.22 bits per heavy atom. The zero-order valence-electron chi connectivity index (χ0n) is 14.1. The fraction of sp³-hybridized carbons (Fsp3) is 0.105. The Balaban J connectivity index is 2.19. The molecule has 27 heavy (non-hydrogen) atoms. The van der Waals surface area contributed by atoms with Crippen molar-refractivity contribution >= 4 is 57.4 Å². The van der Waals surface area contributed by atoms with Crippen LogP contribution in [0.3, 0.4) is 0 Å². The molecule has 2 aromatic carbocycles. The van der Waals surface area contributed by atoms with Gasteiger partial charge in [-0.2, -0.15) is 0 Å². The minimum absolute atomic E-state index is 0.108. The highest BCUT2D eigenvalue weighted by Crippen LogP contribution is 2.36. The Morgan fingerprint density at radius 2 is 2.00 bits per heavy atom. The predicted octanol–water partition coefficient (Wildman–Crippen LogP) is 5.16. The number of carbonyl (C=O) groups excluding carboxylic acids is 1. The van der Waals surface area contributed by atoms with Gasteiger partial charge in [0.2, 0.25) is 0 Å². The summed E-state index contributed by atoms with van der Waals surface area (Å²) in [6.07, 6.45) is 1.35. The number of rotatable bonds is 5. The lowest BCUT2D eigenvalue weighted by molar-refractivity contribution is 0.0526. The number of aromatic carboxylic acids is 1. The van der Waals surface area contributed by atoms with Crippen molar-refractivity contribution in [1.29, 1.82) is 0 Å². The van der Waals surface area contributed by atoms with Gasteiger partial charge in [-0.05, 0) is 37.3 Å². The van der Waals surface area contributed by atoms with Gasteiger partial charge >= 0.3 is 11.9 Å². The molecule has 0 aliphatic rings. The first-order chi connectivity index (χ1) is 12.9. The number of esters is 1. The maximum absolute atomic E-state index is 12.4. The van der Waals surface area contributed by atoms with Crippen molar-refractivity contribution in [3.05, 3.63) is 63.8 Å². The quantitative estimate of drug-likeness (QED) is 0.570. The van der Waals surface area contributed by atoms with Crippen LogP contribution in [0.2, 0.25) is 10.0 Å². The molecule has 0 atom stereocenters. The number of anilines is 2. The van der Waals surface area contributed by atoms with Crippen LogP contribution < -0.4 is 5.32 Å². The van der Waals surface area contributed by atoms with E-state index in [-0.39, 0.29) is 22.8 Å². The van der Waals surface area contributed by atoms with Gasteiger partial charge in [0.15, 0.2) is 0 Å². The minimum atomic E-state index is -1.06. The normalized spacial score (nSPS) is 10.6. The Bertz CT molecular complexity index is 1050. The fourth-order valence-corrected chi connectivity index (χ4v) is 2.95. The summed E-state index contributed by atoms with van der Waals surface area (Å²) in [6, 6.07) is 9.50. The van der Waals surface area contributed by atoms with Crippen LogP contribution in [-0.4, -0.2) is 28.6 Å². The first-order valence-electron chi connectivity index (χ1n) is 7.96. The molecule has 0 spiro atoms. The third-order valence-corrected chi connectivity index (χ3v) is 4.60. The van der Waals surface area contributed by atoms with Crippen molar-refractivity contribution in [1.82, 2.24) is 4.98 Å². The minimum Gasteiger partial charge on any atom is -0.478 e. The Kier molecular flexibility index (Phi) is 5.48. The number of nitrogens with zero attached hydrogens (tertiary/aromatic N) is 1. The molecule has 138 valence electrons. The average molecular weight is 405 g/mol. The lowest BCUT2D eigenvalue weighted by atomic mass is 10.1. The van der Waals surface area contributed by atoms with Gasteiger partial charge in [0.1, 0.15) is 5.56 Å². The Morgan fingerprint density at radius 3 is 2.70 bits per heavy atom. The lowest BCUT2D eigenvalue weighted by Gasteiger charge is -2.15. The van der Waals surface area contributed by atoms with Gasteiger partial charge in [-0.15, -0.1) is 0 Å². The number of pyridine rings is 1. The van der Waals surface area contributed by atoms with Gasteiger partial charge in [-0.1, -0.05) is 29.3 Å². The molecule has 8 heteroatoms. The molecular weight excluding hydrogens is 391 g/mol. The van der Waals surface area contributed by atoms with E-state index >= 15 is 0 Å². The molecule has 0 saturated carbocycles. The van der Waals surface area contributed by atoms with Gasteiger partial charge in [-0.25, -0.2) is 9.59 Å². The second-order valence-electron chi connectivity index (χ2n) is 5.54. The standard InChI is InChI=1S/C19H14Cl2N2O4/c1-2-27-19(26)13-9-22-17-12(6-7-14(20)15(17)21)16(13)23-11-5-3-4-10(8-11)18(24)25/h3-9H,2H2,1H3,(H,22,23)(H,24,25). The fourth-order valence-electron chi connectivity index (χ4n) is 2.58. The van der Waals surface area contributed by atoms with Gasteiger partial charge in [0, 0.05) is 17.3 Å². The van der Waals surface area contributed by atoms with Gasteiger partial charge in [-0.3, -0.25) is 4.98 Å². The number of fused-ring (bicyclic) bond motifs is 1. The molecule has 3 aromatic rings. The molecule has 0 bridgehead atoms. The van der Waals surface area contributed by atoms with Crippen LogP contribution in [0.1, 0.15) is 27.6 Å². The summed E-state index contributed by atoms with van der Waals surface area (Å²) in [5, 5.41) is 13.4. The van der Waals surface area contributed by atoms with Crippen LogP contribution in [0.25, 0.3) is 10.9 Å². The van der Waals surface area contributed by atoms with Crippen LogP contribution in [0, 0.1) is 0 Å². The number of nitrogens with one attached hydrogen (secondary N) is 1. The van der Waals surface area contributed by atoms with Crippen LogP contribution in [-0.2, 0) is 4.74 Å². The average Bonchev–Trinajstić information content (AvgIpc) is 2.65. The molecule has 1 aromatic heterocycles. The van der Waals surface area contributed by atoms with E-state index in [9.17, 15) is 14.7 Å². The van der Waals surface area contributed by atoms with Crippen molar-refractivity contribution in [2.45, 2.75) is 6.92 Å². The van der Waals surface area contributed by atoms with E-state index in [4.69, 9.17) is 27.9 Å². The molecule has 0 unspecified atom stereocenters.